The van der Waals surface area contributed by atoms with E-state index in [1.165, 1.54) is 0 Å². The maximum atomic E-state index is 9.41. The van der Waals surface area contributed by atoms with E-state index in [1.54, 1.807) is 11.3 Å². The lowest BCUT2D eigenvalue weighted by Crippen LogP contribution is -2.00. The van der Waals surface area contributed by atoms with Crippen LogP contribution in [0.15, 0.2) is 133 Å². The van der Waals surface area contributed by atoms with Gasteiger partial charge in [-0.2, -0.15) is 0 Å². The topological polar surface area (TPSA) is 43.0 Å². The van der Waals surface area contributed by atoms with E-state index in [0.29, 0.717) is 17.2 Å². The Morgan fingerprint density at radius 2 is 1.26 bits per heavy atom. The Hall–Kier alpha value is -5.74. The maximum absolute atomic E-state index is 9.41. The number of benzene rings is 6. The summed E-state index contributed by atoms with van der Waals surface area (Å²) in [7, 11) is 0. The summed E-state index contributed by atoms with van der Waals surface area (Å²) in [6, 6.07) is 30.2. The summed E-state index contributed by atoms with van der Waals surface area (Å²) in [4.78, 5) is 18.2. The third-order valence-corrected chi connectivity index (χ3v) is 10.2. The van der Waals surface area contributed by atoms with Gasteiger partial charge in [0.15, 0.2) is 23.2 Å². The molecule has 0 bridgehead atoms. The van der Waals surface area contributed by atoms with Crippen molar-refractivity contribution in [2.75, 3.05) is 0 Å². The van der Waals surface area contributed by atoms with Gasteiger partial charge in [-0.15, -0.1) is 22.7 Å². The van der Waals surface area contributed by atoms with Crippen molar-refractivity contribution in [3.63, 3.8) is 0 Å². The van der Waals surface area contributed by atoms with Gasteiger partial charge in [0.05, 0.1) is 13.4 Å². The quantitative estimate of drug-likeness (QED) is 0.182. The van der Waals surface area contributed by atoms with Gasteiger partial charge >= 0.3 is 0 Å². The van der Waals surface area contributed by atoms with Crippen LogP contribution in [0.2, 0.25) is 0 Å². The molecule has 46 heavy (non-hydrogen) atoms. The number of fused-ring (bicyclic) bond motifs is 6. The first kappa shape index (κ1) is 21.1. The Balaban J connectivity index is 1.32. The molecule has 9 rings (SSSR count). The molecule has 6 aromatic carbocycles. The van der Waals surface area contributed by atoms with Crippen LogP contribution in [0.4, 0.5) is 5.69 Å². The van der Waals surface area contributed by atoms with E-state index in [9.17, 15) is 2.74 Å². The molecule has 0 aliphatic heterocycles. The highest BCUT2D eigenvalue weighted by Gasteiger charge is 2.18. The van der Waals surface area contributed by atoms with Crippen LogP contribution in [0.1, 0.15) is 8.22 Å². The molecule has 0 radical (unpaired) electrons. The number of hydrogen-bond donors (Lipinski definition) is 0. The molecular weight excluding hydrogens is 601 g/mol. The minimum Gasteiger partial charge on any atom is -0.237 e. The lowest BCUT2D eigenvalue weighted by atomic mass is 10.0. The number of thiophene rings is 2. The lowest BCUT2D eigenvalue weighted by Gasteiger charge is -2.10. The van der Waals surface area contributed by atoms with Crippen molar-refractivity contribution >= 4 is 68.7 Å². The average molecular weight is 629 g/mol. The van der Waals surface area contributed by atoms with Gasteiger partial charge in [0, 0.05) is 53.0 Å². The monoisotopic (exact) mass is 628 g/mol. The summed E-state index contributed by atoms with van der Waals surface area (Å²) in [5.41, 5.74) is 3.40. The van der Waals surface area contributed by atoms with E-state index in [4.69, 9.17) is 27.0 Å². The molecule has 0 unspecified atom stereocenters. The molecule has 0 atom stereocenters. The van der Waals surface area contributed by atoms with Gasteiger partial charge in [-0.05, 0) is 40.7 Å². The van der Waals surface area contributed by atoms with Crippen molar-refractivity contribution in [3.8, 4) is 45.3 Å². The number of nitrogens with zero attached hydrogens (tertiary/aromatic N) is 4. The van der Waals surface area contributed by atoms with E-state index in [2.05, 4.69) is 23.0 Å². The summed E-state index contributed by atoms with van der Waals surface area (Å²) < 4.78 is 55.5. The van der Waals surface area contributed by atoms with Gasteiger partial charge in [0.1, 0.15) is 0 Å². The second-order valence-corrected chi connectivity index (χ2v) is 12.7. The zero-order chi connectivity index (χ0) is 35.8. The van der Waals surface area contributed by atoms with Crippen LogP contribution < -0.4 is 0 Å². The number of rotatable bonds is 4. The maximum Gasteiger partial charge on any atom is 0.196 e. The average Bonchev–Trinajstić information content (AvgIpc) is 3.77. The van der Waals surface area contributed by atoms with Gasteiger partial charge < -0.3 is 0 Å². The summed E-state index contributed by atoms with van der Waals surface area (Å²) in [6.45, 7) is 7.75. The van der Waals surface area contributed by atoms with Crippen molar-refractivity contribution in [1.82, 2.24) is 15.0 Å². The van der Waals surface area contributed by atoms with Crippen molar-refractivity contribution in [2.24, 2.45) is 0 Å². The van der Waals surface area contributed by atoms with Crippen LogP contribution in [0.25, 0.3) is 90.5 Å². The van der Waals surface area contributed by atoms with E-state index in [-0.39, 0.29) is 61.4 Å². The second-order valence-electron chi connectivity index (χ2n) is 10.6. The molecule has 0 N–H and O–H groups in total. The normalized spacial score (nSPS) is 13.3. The van der Waals surface area contributed by atoms with E-state index in [0.717, 1.165) is 48.2 Å². The number of aromatic nitrogens is 3. The molecule has 6 heteroatoms. The van der Waals surface area contributed by atoms with Gasteiger partial charge in [-0.3, -0.25) is 0 Å². The predicted octanol–water partition coefficient (Wildman–Crippen LogP) is 11.8. The second kappa shape index (κ2) is 10.7. The van der Waals surface area contributed by atoms with Crippen molar-refractivity contribution in [3.05, 3.63) is 145 Å². The zero-order valence-corrected chi connectivity index (χ0v) is 25.5. The fourth-order valence-electron chi connectivity index (χ4n) is 5.73. The standard InChI is InChI=1S/C40H22N4S2/c1-41-32-14-8-16-34-36(32)30-22-21-27(23-35(30)45-34)39-42-38(26-19-17-25(18-20-26)24-9-3-2-4-10-24)43-40(44-39)31-13-7-12-29-28-11-5-6-15-33(28)46-37(29)31/h2-23H/i8D,14D,16D,21D,22D,23D. The molecule has 0 aliphatic rings. The van der Waals surface area contributed by atoms with Crippen LogP contribution in [0.3, 0.4) is 0 Å². The molecule has 0 amide bonds. The molecule has 3 aromatic heterocycles. The highest BCUT2D eigenvalue weighted by atomic mass is 32.1. The van der Waals surface area contributed by atoms with Gasteiger partial charge in [0.25, 0.3) is 0 Å². The third-order valence-electron chi connectivity index (χ3n) is 7.92. The van der Waals surface area contributed by atoms with Crippen LogP contribution in [-0.4, -0.2) is 15.0 Å². The predicted molar refractivity (Wildman–Crippen MR) is 194 cm³/mol. The van der Waals surface area contributed by atoms with Gasteiger partial charge in [-0.25, -0.2) is 19.8 Å². The highest BCUT2D eigenvalue weighted by Crippen LogP contribution is 2.42. The summed E-state index contributed by atoms with van der Waals surface area (Å²) in [6.07, 6.45) is 0. The molecule has 9 aromatic rings. The molecule has 0 saturated heterocycles. The first-order chi connectivity index (χ1) is 25.2. The summed E-state index contributed by atoms with van der Waals surface area (Å²) in [5, 5.41) is 2.48. The fourth-order valence-corrected chi connectivity index (χ4v) is 7.96. The minimum atomic E-state index is -0.408. The Bertz CT molecular complexity index is 2990. The summed E-state index contributed by atoms with van der Waals surface area (Å²) in [5.74, 6) is 0.736. The van der Waals surface area contributed by atoms with E-state index < -0.39 is 12.1 Å². The summed E-state index contributed by atoms with van der Waals surface area (Å²) >= 11 is 2.64. The molecule has 214 valence electrons. The smallest absolute Gasteiger partial charge is 0.196 e. The van der Waals surface area contributed by atoms with Crippen molar-refractivity contribution < 1.29 is 8.22 Å². The SMILES string of the molecule is [2H]c1c([2H])c([N+]#[C-])c2c(sc3c([2H])c(-c4nc(-c5ccc(-c6ccccc6)cc5)nc(-c5cccc6c5sc5ccccc56)n4)c([2H])c([2H])c32)c1[2H]. The Morgan fingerprint density at radius 1 is 0.543 bits per heavy atom. The first-order valence-electron chi connectivity index (χ1n) is 17.4. The van der Waals surface area contributed by atoms with E-state index >= 15 is 0 Å². The van der Waals surface area contributed by atoms with Gasteiger partial charge in [0.2, 0.25) is 0 Å². The molecular formula is C40H22N4S2. The van der Waals surface area contributed by atoms with Crippen LogP contribution in [0.5, 0.6) is 0 Å². The molecule has 0 spiro atoms. The Morgan fingerprint density at radius 3 is 2.11 bits per heavy atom. The van der Waals surface area contributed by atoms with Crippen LogP contribution in [-0.2, 0) is 0 Å². The largest absolute Gasteiger partial charge is 0.237 e. The minimum absolute atomic E-state index is 0.0199. The van der Waals surface area contributed by atoms with Gasteiger partial charge in [-0.1, -0.05) is 109 Å². The lowest BCUT2D eigenvalue weighted by molar-refractivity contribution is 1.08. The molecule has 0 fully saturated rings. The van der Waals surface area contributed by atoms with E-state index in [1.807, 2.05) is 78.9 Å². The zero-order valence-electron chi connectivity index (χ0n) is 29.8. The highest BCUT2D eigenvalue weighted by molar-refractivity contribution is 7.26. The molecule has 0 saturated carbocycles. The van der Waals surface area contributed by atoms with Crippen LogP contribution in [0, 0.1) is 6.57 Å². The molecule has 4 nitrogen and oxygen atoms in total. The third kappa shape index (κ3) is 4.37. The molecule has 0 aliphatic carbocycles. The molecule has 3 heterocycles. The van der Waals surface area contributed by atoms with Crippen molar-refractivity contribution in [1.29, 1.82) is 0 Å². The Kier molecular flexibility index (Phi) is 4.91. The van der Waals surface area contributed by atoms with Crippen molar-refractivity contribution in [2.45, 2.75) is 0 Å². The van der Waals surface area contributed by atoms with Crippen LogP contribution >= 0.6 is 22.7 Å². The fraction of sp³-hybridized carbons (Fsp3) is 0. The first-order valence-corrected chi connectivity index (χ1v) is 16.0. The number of hydrogen-bond acceptors (Lipinski definition) is 5. The Labute approximate surface area is 281 Å².